The molecule has 86 valence electrons. The third-order valence-electron chi connectivity index (χ3n) is 1.87. The van der Waals surface area contributed by atoms with Crippen molar-refractivity contribution in [1.29, 1.82) is 0 Å². The molecule has 0 saturated carbocycles. The SMILES string of the molecule is CCOCCC(CCC(Br)(Br)Br)OC. The fourth-order valence-electron chi connectivity index (χ4n) is 1.06. The molecular formula is C9H17Br3O2. The summed E-state index contributed by atoms with van der Waals surface area (Å²) >= 11 is 10.4. The molecular weight excluding hydrogens is 380 g/mol. The van der Waals surface area contributed by atoms with Crippen molar-refractivity contribution in [2.75, 3.05) is 20.3 Å². The first-order valence-electron chi connectivity index (χ1n) is 4.67. The lowest BCUT2D eigenvalue weighted by Crippen LogP contribution is -2.16. The van der Waals surface area contributed by atoms with Gasteiger partial charge >= 0.3 is 0 Å². The van der Waals surface area contributed by atoms with Gasteiger partial charge in [-0.15, -0.1) is 0 Å². The number of methoxy groups -OCH3 is 1. The first-order chi connectivity index (χ1) is 6.49. The van der Waals surface area contributed by atoms with Crippen molar-refractivity contribution in [3.05, 3.63) is 0 Å². The largest absolute Gasteiger partial charge is 0.382 e. The molecule has 0 N–H and O–H groups in total. The molecule has 0 amide bonds. The number of rotatable bonds is 7. The van der Waals surface area contributed by atoms with Crippen LogP contribution in [0.2, 0.25) is 0 Å². The molecule has 0 fully saturated rings. The molecule has 0 radical (unpaired) electrons. The van der Waals surface area contributed by atoms with Crippen LogP contribution in [-0.4, -0.2) is 28.6 Å². The van der Waals surface area contributed by atoms with Crippen LogP contribution >= 0.6 is 47.8 Å². The van der Waals surface area contributed by atoms with E-state index in [2.05, 4.69) is 47.8 Å². The minimum Gasteiger partial charge on any atom is -0.382 e. The molecule has 14 heavy (non-hydrogen) atoms. The van der Waals surface area contributed by atoms with Crippen LogP contribution in [0.15, 0.2) is 0 Å². The van der Waals surface area contributed by atoms with Crippen LogP contribution in [0.5, 0.6) is 0 Å². The van der Waals surface area contributed by atoms with Gasteiger partial charge in [0.2, 0.25) is 0 Å². The molecule has 0 aliphatic heterocycles. The van der Waals surface area contributed by atoms with Crippen molar-refractivity contribution in [3.8, 4) is 0 Å². The van der Waals surface area contributed by atoms with Crippen LogP contribution in [0.25, 0.3) is 0 Å². The summed E-state index contributed by atoms with van der Waals surface area (Å²) in [6, 6.07) is 0. The van der Waals surface area contributed by atoms with Gasteiger partial charge in [-0.05, 0) is 26.2 Å². The summed E-state index contributed by atoms with van der Waals surface area (Å²) in [7, 11) is 1.75. The van der Waals surface area contributed by atoms with Crippen LogP contribution in [0.4, 0.5) is 0 Å². The second-order valence-electron chi connectivity index (χ2n) is 3.00. The Morgan fingerprint density at radius 3 is 2.29 bits per heavy atom. The van der Waals surface area contributed by atoms with Crippen LogP contribution in [0.3, 0.4) is 0 Å². The Morgan fingerprint density at radius 2 is 1.86 bits per heavy atom. The molecule has 0 rings (SSSR count). The van der Waals surface area contributed by atoms with Crippen LogP contribution in [0, 0.1) is 0 Å². The van der Waals surface area contributed by atoms with E-state index in [1.807, 2.05) is 6.92 Å². The second kappa shape index (κ2) is 8.50. The number of ether oxygens (including phenoxy) is 2. The topological polar surface area (TPSA) is 18.5 Å². The van der Waals surface area contributed by atoms with E-state index in [-0.39, 0.29) is 8.25 Å². The van der Waals surface area contributed by atoms with E-state index >= 15 is 0 Å². The highest BCUT2D eigenvalue weighted by Crippen LogP contribution is 2.38. The summed E-state index contributed by atoms with van der Waals surface area (Å²) in [5.74, 6) is 0. The fourth-order valence-corrected chi connectivity index (χ4v) is 1.75. The molecule has 0 aromatic rings. The number of hydrogen-bond acceptors (Lipinski definition) is 2. The average Bonchev–Trinajstić information content (AvgIpc) is 2.09. The van der Waals surface area contributed by atoms with E-state index in [0.717, 1.165) is 32.5 Å². The monoisotopic (exact) mass is 394 g/mol. The first kappa shape index (κ1) is 15.4. The average molecular weight is 397 g/mol. The van der Waals surface area contributed by atoms with E-state index in [1.165, 1.54) is 0 Å². The molecule has 2 nitrogen and oxygen atoms in total. The summed E-state index contributed by atoms with van der Waals surface area (Å²) in [5, 5.41) is 0. The van der Waals surface area contributed by atoms with E-state index in [9.17, 15) is 0 Å². The van der Waals surface area contributed by atoms with E-state index in [1.54, 1.807) is 7.11 Å². The minimum absolute atomic E-state index is 0.157. The Balaban J connectivity index is 3.58. The first-order valence-corrected chi connectivity index (χ1v) is 7.04. The van der Waals surface area contributed by atoms with Crippen molar-refractivity contribution in [2.24, 2.45) is 0 Å². The van der Waals surface area contributed by atoms with Gasteiger partial charge in [-0.2, -0.15) is 0 Å². The summed E-state index contributed by atoms with van der Waals surface area (Å²) < 4.78 is 10.5. The van der Waals surface area contributed by atoms with Crippen molar-refractivity contribution in [3.63, 3.8) is 0 Å². The molecule has 0 aliphatic carbocycles. The highest BCUT2D eigenvalue weighted by molar-refractivity contribution is 9.39. The Kier molecular flexibility index (Phi) is 9.33. The Labute approximate surface area is 111 Å². The van der Waals surface area contributed by atoms with Gasteiger partial charge in [0.15, 0.2) is 0 Å². The zero-order chi connectivity index (χ0) is 11.0. The zero-order valence-corrected chi connectivity index (χ0v) is 13.3. The molecule has 1 unspecified atom stereocenters. The lowest BCUT2D eigenvalue weighted by molar-refractivity contribution is 0.0500. The van der Waals surface area contributed by atoms with Gasteiger partial charge < -0.3 is 9.47 Å². The third kappa shape index (κ3) is 9.90. The van der Waals surface area contributed by atoms with E-state index < -0.39 is 0 Å². The molecule has 5 heteroatoms. The molecule has 1 atom stereocenters. The van der Waals surface area contributed by atoms with Crippen molar-refractivity contribution >= 4 is 47.8 Å². The van der Waals surface area contributed by atoms with Crippen LogP contribution < -0.4 is 0 Å². The van der Waals surface area contributed by atoms with Gasteiger partial charge in [-0.1, -0.05) is 47.8 Å². The minimum atomic E-state index is -0.157. The van der Waals surface area contributed by atoms with E-state index in [0.29, 0.717) is 0 Å². The van der Waals surface area contributed by atoms with Crippen molar-refractivity contribution in [1.82, 2.24) is 0 Å². The second-order valence-corrected chi connectivity index (χ2v) is 10.3. The van der Waals surface area contributed by atoms with E-state index in [4.69, 9.17) is 9.47 Å². The number of hydrogen-bond donors (Lipinski definition) is 0. The predicted molar refractivity (Wildman–Crippen MR) is 70.7 cm³/mol. The normalized spacial score (nSPS) is 14.4. The van der Waals surface area contributed by atoms with Gasteiger partial charge in [0, 0.05) is 20.3 Å². The van der Waals surface area contributed by atoms with Crippen LogP contribution in [0.1, 0.15) is 26.2 Å². The molecule has 0 bridgehead atoms. The van der Waals surface area contributed by atoms with Crippen molar-refractivity contribution in [2.45, 2.75) is 34.4 Å². The highest BCUT2D eigenvalue weighted by Gasteiger charge is 2.19. The molecule has 0 heterocycles. The van der Waals surface area contributed by atoms with Gasteiger partial charge in [0.05, 0.1) is 6.10 Å². The lowest BCUT2D eigenvalue weighted by atomic mass is 10.1. The quantitative estimate of drug-likeness (QED) is 0.477. The summed E-state index contributed by atoms with van der Waals surface area (Å²) in [6.07, 6.45) is 3.17. The summed E-state index contributed by atoms with van der Waals surface area (Å²) in [4.78, 5) is 0. The maximum Gasteiger partial charge on any atom is 0.135 e. The van der Waals surface area contributed by atoms with Crippen molar-refractivity contribution < 1.29 is 9.47 Å². The zero-order valence-electron chi connectivity index (χ0n) is 8.56. The molecule has 0 aromatic carbocycles. The van der Waals surface area contributed by atoms with Gasteiger partial charge in [0.25, 0.3) is 0 Å². The van der Waals surface area contributed by atoms with Gasteiger partial charge in [-0.25, -0.2) is 0 Å². The summed E-state index contributed by atoms with van der Waals surface area (Å²) in [6.45, 7) is 3.55. The predicted octanol–water partition coefficient (Wildman–Crippen LogP) is 4.05. The fraction of sp³-hybridized carbons (Fsp3) is 1.00. The Bertz CT molecular complexity index is 137. The number of alkyl halides is 3. The summed E-state index contributed by atoms with van der Waals surface area (Å²) in [5.41, 5.74) is 0. The Hall–Kier alpha value is 1.36. The standard InChI is InChI=1S/C9H17Br3O2/c1-3-14-7-5-8(13-2)4-6-9(10,11)12/h8H,3-7H2,1-2H3. The molecule has 0 saturated heterocycles. The maximum absolute atomic E-state index is 5.35. The van der Waals surface area contributed by atoms with Crippen LogP contribution in [-0.2, 0) is 9.47 Å². The van der Waals surface area contributed by atoms with Gasteiger partial charge in [0.1, 0.15) is 2.14 Å². The molecule has 0 spiro atoms. The molecule has 0 aliphatic rings. The third-order valence-corrected chi connectivity index (χ3v) is 3.06. The molecule has 0 aromatic heterocycles. The van der Waals surface area contributed by atoms with Gasteiger partial charge in [-0.3, -0.25) is 0 Å². The Morgan fingerprint density at radius 1 is 1.21 bits per heavy atom. The smallest absolute Gasteiger partial charge is 0.135 e. The number of halogens is 3. The lowest BCUT2D eigenvalue weighted by Gasteiger charge is -2.18. The highest BCUT2D eigenvalue weighted by atomic mass is 80.0. The maximum atomic E-state index is 5.35.